The highest BCUT2D eigenvalue weighted by Crippen LogP contribution is 2.35. The lowest BCUT2D eigenvalue weighted by Gasteiger charge is -2.20. The third-order valence-electron chi connectivity index (χ3n) is 5.80. The van der Waals surface area contributed by atoms with Crippen LogP contribution in [-0.2, 0) is 19.9 Å². The smallest absolute Gasteiger partial charge is 0.228 e. The molecule has 0 spiro atoms. The van der Waals surface area contributed by atoms with E-state index in [0.29, 0.717) is 42.4 Å². The van der Waals surface area contributed by atoms with E-state index in [1.807, 2.05) is 24.1 Å². The Balaban J connectivity index is 1.36. The Labute approximate surface area is 194 Å². The molecule has 0 radical (unpaired) electrons. The van der Waals surface area contributed by atoms with E-state index in [4.69, 9.17) is 11.6 Å². The zero-order valence-corrected chi connectivity index (χ0v) is 18.7. The van der Waals surface area contributed by atoms with Gasteiger partial charge in [0.2, 0.25) is 5.95 Å². The zero-order valence-electron chi connectivity index (χ0n) is 17.9. The average molecular weight is 467 g/mol. The van der Waals surface area contributed by atoms with Gasteiger partial charge < -0.3 is 10.2 Å². The molecule has 5 rings (SSSR count). The molecule has 3 heterocycles. The molecule has 33 heavy (non-hydrogen) atoms. The molecule has 0 unspecified atom stereocenters. The Kier molecular flexibility index (Phi) is 5.68. The summed E-state index contributed by atoms with van der Waals surface area (Å²) < 4.78 is 30.6. The maximum atomic E-state index is 15.2. The summed E-state index contributed by atoms with van der Waals surface area (Å²) >= 11 is 6.08. The third-order valence-corrected chi connectivity index (χ3v) is 6.23. The second kappa shape index (κ2) is 8.78. The Hall–Kier alpha value is -3.52. The van der Waals surface area contributed by atoms with Crippen molar-refractivity contribution in [2.24, 2.45) is 7.05 Å². The minimum Gasteiger partial charge on any atom is -0.368 e. The van der Waals surface area contributed by atoms with Gasteiger partial charge in [0.1, 0.15) is 17.5 Å². The monoisotopic (exact) mass is 466 g/mol. The van der Waals surface area contributed by atoms with Crippen LogP contribution < -0.4 is 10.2 Å². The number of fused-ring (bicyclic) bond motifs is 1. The predicted molar refractivity (Wildman–Crippen MR) is 125 cm³/mol. The fraction of sp³-hybridized carbons (Fsp3) is 0.208. The fourth-order valence-electron chi connectivity index (χ4n) is 4.13. The molecule has 1 aliphatic heterocycles. The summed E-state index contributed by atoms with van der Waals surface area (Å²) in [4.78, 5) is 10.8. The summed E-state index contributed by atoms with van der Waals surface area (Å²) in [5.41, 5.74) is 3.55. The second-order valence-corrected chi connectivity index (χ2v) is 8.27. The van der Waals surface area contributed by atoms with E-state index in [1.165, 1.54) is 12.1 Å². The highest BCUT2D eigenvalue weighted by atomic mass is 35.5. The van der Waals surface area contributed by atoms with Crippen molar-refractivity contribution in [2.75, 3.05) is 23.3 Å². The number of aryl methyl sites for hydroxylation is 1. The molecule has 0 saturated heterocycles. The number of anilines is 3. The van der Waals surface area contributed by atoms with E-state index < -0.39 is 5.82 Å². The largest absolute Gasteiger partial charge is 0.368 e. The molecule has 2 aromatic carbocycles. The van der Waals surface area contributed by atoms with Crippen LogP contribution in [-0.4, -0.2) is 32.8 Å². The number of nitrogens with zero attached hydrogens (tertiary/aromatic N) is 5. The number of rotatable bonds is 6. The molecule has 0 saturated carbocycles. The number of aromatic nitrogens is 4. The van der Waals surface area contributed by atoms with Crippen LogP contribution in [0.1, 0.15) is 11.1 Å². The number of benzene rings is 2. The molecular weight excluding hydrogens is 446 g/mol. The quantitative estimate of drug-likeness (QED) is 0.425. The van der Waals surface area contributed by atoms with Crippen molar-refractivity contribution in [2.45, 2.75) is 12.8 Å². The van der Waals surface area contributed by atoms with Crippen LogP contribution in [0.4, 0.5) is 26.2 Å². The van der Waals surface area contributed by atoms with Crippen molar-refractivity contribution >= 4 is 29.1 Å². The molecule has 2 aromatic heterocycles. The van der Waals surface area contributed by atoms with Crippen LogP contribution in [0, 0.1) is 11.6 Å². The molecule has 0 fully saturated rings. The van der Waals surface area contributed by atoms with Crippen LogP contribution in [0.5, 0.6) is 0 Å². The van der Waals surface area contributed by atoms with E-state index >= 15 is 4.39 Å². The van der Waals surface area contributed by atoms with Gasteiger partial charge in [-0.05, 0) is 48.2 Å². The lowest BCUT2D eigenvalue weighted by Crippen LogP contribution is -2.24. The van der Waals surface area contributed by atoms with Gasteiger partial charge in [-0.25, -0.2) is 18.7 Å². The van der Waals surface area contributed by atoms with Crippen LogP contribution in [0.3, 0.4) is 0 Å². The SMILES string of the molecule is Cn1nccc1Nc1nccc(-c2cc(F)c3c(c2)CCN3CCc2cccc(F)c2Cl)n1. The molecule has 9 heteroatoms. The highest BCUT2D eigenvalue weighted by Gasteiger charge is 2.24. The van der Waals surface area contributed by atoms with Gasteiger partial charge >= 0.3 is 0 Å². The average Bonchev–Trinajstić information content (AvgIpc) is 3.41. The van der Waals surface area contributed by atoms with Crippen molar-refractivity contribution < 1.29 is 8.78 Å². The first kappa shape index (κ1) is 21.3. The number of hydrogen-bond donors (Lipinski definition) is 1. The maximum absolute atomic E-state index is 15.2. The molecule has 1 aliphatic rings. The summed E-state index contributed by atoms with van der Waals surface area (Å²) in [5, 5.41) is 7.36. The lowest BCUT2D eigenvalue weighted by molar-refractivity contribution is 0.620. The first-order valence-electron chi connectivity index (χ1n) is 10.6. The van der Waals surface area contributed by atoms with E-state index in [0.717, 1.165) is 23.4 Å². The van der Waals surface area contributed by atoms with Crippen LogP contribution >= 0.6 is 11.6 Å². The number of hydrogen-bond acceptors (Lipinski definition) is 5. The van der Waals surface area contributed by atoms with Crippen molar-refractivity contribution in [1.29, 1.82) is 0 Å². The number of nitrogens with one attached hydrogen (secondary N) is 1. The minimum atomic E-state index is -0.436. The van der Waals surface area contributed by atoms with E-state index in [1.54, 1.807) is 35.3 Å². The molecule has 168 valence electrons. The first-order valence-corrected chi connectivity index (χ1v) is 11.0. The van der Waals surface area contributed by atoms with Crippen molar-refractivity contribution in [3.05, 3.63) is 82.6 Å². The molecule has 0 bridgehead atoms. The number of halogens is 3. The topological polar surface area (TPSA) is 58.9 Å². The first-order chi connectivity index (χ1) is 16.0. The maximum Gasteiger partial charge on any atom is 0.228 e. The van der Waals surface area contributed by atoms with Gasteiger partial charge in [0, 0.05) is 38.0 Å². The van der Waals surface area contributed by atoms with Gasteiger partial charge in [-0.1, -0.05) is 23.7 Å². The van der Waals surface area contributed by atoms with E-state index in [9.17, 15) is 4.39 Å². The zero-order chi connectivity index (χ0) is 22.9. The Morgan fingerprint density at radius 3 is 2.79 bits per heavy atom. The van der Waals surface area contributed by atoms with Gasteiger partial charge in [0.05, 0.1) is 22.6 Å². The Bertz CT molecular complexity index is 1320. The molecule has 4 aromatic rings. The lowest BCUT2D eigenvalue weighted by atomic mass is 10.0. The molecule has 0 amide bonds. The molecule has 6 nitrogen and oxygen atoms in total. The highest BCUT2D eigenvalue weighted by molar-refractivity contribution is 6.31. The fourth-order valence-corrected chi connectivity index (χ4v) is 4.35. The minimum absolute atomic E-state index is 0.132. The standard InChI is InChI=1S/C24H21ClF2N6/c1-32-21(6-10-29-32)31-24-28-9-5-20(30-24)17-13-16-8-12-33(23(16)19(27)14-17)11-7-15-3-2-4-18(26)22(15)25/h2-6,9-10,13-14H,7-8,11-12H2,1H3,(H,28,30,31). The van der Waals surface area contributed by atoms with Crippen LogP contribution in [0.15, 0.2) is 54.9 Å². The summed E-state index contributed by atoms with van der Waals surface area (Å²) in [6.45, 7) is 1.25. The summed E-state index contributed by atoms with van der Waals surface area (Å²) in [7, 11) is 1.82. The summed E-state index contributed by atoms with van der Waals surface area (Å²) in [6.07, 6.45) is 4.58. The molecule has 0 atom stereocenters. The van der Waals surface area contributed by atoms with Crippen LogP contribution in [0.25, 0.3) is 11.3 Å². The Morgan fingerprint density at radius 2 is 1.97 bits per heavy atom. The normalized spacial score (nSPS) is 12.8. The molecule has 0 aliphatic carbocycles. The van der Waals surface area contributed by atoms with Gasteiger partial charge in [-0.2, -0.15) is 5.10 Å². The van der Waals surface area contributed by atoms with Gasteiger partial charge in [0.15, 0.2) is 0 Å². The summed E-state index contributed by atoms with van der Waals surface area (Å²) in [6, 6.07) is 11.8. The summed E-state index contributed by atoms with van der Waals surface area (Å²) in [5.74, 6) is 0.422. The van der Waals surface area contributed by atoms with E-state index in [2.05, 4.69) is 20.4 Å². The second-order valence-electron chi connectivity index (χ2n) is 7.90. The van der Waals surface area contributed by atoms with E-state index in [-0.39, 0.29) is 10.8 Å². The van der Waals surface area contributed by atoms with Gasteiger partial charge in [0.25, 0.3) is 0 Å². The van der Waals surface area contributed by atoms with Crippen molar-refractivity contribution in [3.8, 4) is 11.3 Å². The van der Waals surface area contributed by atoms with Gasteiger partial charge in [-0.3, -0.25) is 4.68 Å². The van der Waals surface area contributed by atoms with Crippen LogP contribution in [0.2, 0.25) is 5.02 Å². The van der Waals surface area contributed by atoms with Crippen molar-refractivity contribution in [1.82, 2.24) is 19.7 Å². The Morgan fingerprint density at radius 1 is 1.09 bits per heavy atom. The molecule has 1 N–H and O–H groups in total. The van der Waals surface area contributed by atoms with Crippen molar-refractivity contribution in [3.63, 3.8) is 0 Å². The third kappa shape index (κ3) is 4.26. The van der Waals surface area contributed by atoms with Gasteiger partial charge in [-0.15, -0.1) is 0 Å². The predicted octanol–water partition coefficient (Wildman–Crippen LogP) is 5.16. The molecular formula is C24H21ClF2N6.